The summed E-state index contributed by atoms with van der Waals surface area (Å²) in [4.78, 5) is 35.2. The number of benzene rings is 2. The van der Waals surface area contributed by atoms with Crippen molar-refractivity contribution in [3.8, 4) is 11.3 Å². The van der Waals surface area contributed by atoms with Crippen molar-refractivity contribution in [3.05, 3.63) is 76.7 Å². The predicted octanol–water partition coefficient (Wildman–Crippen LogP) is 4.60. The van der Waals surface area contributed by atoms with Gasteiger partial charge < -0.3 is 19.9 Å². The SMILES string of the molecule is COC(=O)N[C@H](C(=O)N1CCC[C@H]1c1ncc(-c2ccc(Br)cc2)[nH]1)c1ccccc1. The highest BCUT2D eigenvalue weighted by Crippen LogP contribution is 2.34. The van der Waals surface area contributed by atoms with Crippen LogP contribution in [0.3, 0.4) is 0 Å². The molecule has 2 N–H and O–H groups in total. The van der Waals surface area contributed by atoms with E-state index in [1.165, 1.54) is 7.11 Å². The van der Waals surface area contributed by atoms with Gasteiger partial charge in [-0.1, -0.05) is 58.4 Å². The number of H-pyrrole nitrogens is 1. The zero-order valence-corrected chi connectivity index (χ0v) is 18.6. The van der Waals surface area contributed by atoms with Crippen LogP contribution in [0.25, 0.3) is 11.3 Å². The second-order valence-corrected chi connectivity index (χ2v) is 8.27. The maximum absolute atomic E-state index is 13.5. The highest BCUT2D eigenvalue weighted by atomic mass is 79.9. The second kappa shape index (κ2) is 9.34. The fourth-order valence-corrected chi connectivity index (χ4v) is 4.14. The van der Waals surface area contributed by atoms with E-state index >= 15 is 0 Å². The van der Waals surface area contributed by atoms with Crippen LogP contribution in [-0.2, 0) is 9.53 Å². The molecule has 2 aromatic carbocycles. The van der Waals surface area contributed by atoms with Crippen molar-refractivity contribution in [2.45, 2.75) is 24.9 Å². The average molecular weight is 483 g/mol. The zero-order valence-electron chi connectivity index (χ0n) is 17.0. The van der Waals surface area contributed by atoms with Gasteiger partial charge in [0.1, 0.15) is 11.9 Å². The van der Waals surface area contributed by atoms with Crippen molar-refractivity contribution in [1.82, 2.24) is 20.2 Å². The van der Waals surface area contributed by atoms with E-state index < -0.39 is 12.1 Å². The second-order valence-electron chi connectivity index (χ2n) is 7.36. The number of amides is 2. The Kier molecular flexibility index (Phi) is 6.36. The van der Waals surface area contributed by atoms with Crippen molar-refractivity contribution in [2.75, 3.05) is 13.7 Å². The maximum Gasteiger partial charge on any atom is 0.407 e. The third-order valence-corrected chi connectivity index (χ3v) is 5.96. The van der Waals surface area contributed by atoms with Crippen molar-refractivity contribution in [3.63, 3.8) is 0 Å². The van der Waals surface area contributed by atoms with Gasteiger partial charge in [0.15, 0.2) is 0 Å². The molecule has 1 saturated heterocycles. The summed E-state index contributed by atoms with van der Waals surface area (Å²) in [5.74, 6) is 0.564. The van der Waals surface area contributed by atoms with Crippen molar-refractivity contribution in [2.24, 2.45) is 0 Å². The molecular weight excluding hydrogens is 460 g/mol. The molecule has 8 heteroatoms. The van der Waals surface area contributed by atoms with Crippen molar-refractivity contribution < 1.29 is 14.3 Å². The molecule has 0 spiro atoms. The molecule has 2 amide bonds. The lowest BCUT2D eigenvalue weighted by Crippen LogP contribution is -2.42. The number of ether oxygens (including phenoxy) is 1. The molecule has 2 heterocycles. The van der Waals surface area contributed by atoms with E-state index in [0.717, 1.165) is 34.4 Å². The quantitative estimate of drug-likeness (QED) is 0.556. The van der Waals surface area contributed by atoms with Gasteiger partial charge in [0.2, 0.25) is 0 Å². The Labute approximate surface area is 189 Å². The monoisotopic (exact) mass is 482 g/mol. The van der Waals surface area contributed by atoms with Gasteiger partial charge in [-0.25, -0.2) is 9.78 Å². The zero-order chi connectivity index (χ0) is 21.8. The number of carbonyl (C=O) groups excluding carboxylic acids is 2. The number of methoxy groups -OCH3 is 1. The third-order valence-electron chi connectivity index (χ3n) is 5.43. The number of halogens is 1. The Balaban J connectivity index is 1.58. The summed E-state index contributed by atoms with van der Waals surface area (Å²) >= 11 is 3.45. The lowest BCUT2D eigenvalue weighted by molar-refractivity contribution is -0.134. The van der Waals surface area contributed by atoms with E-state index in [-0.39, 0.29) is 11.9 Å². The first kappa shape index (κ1) is 21.1. The van der Waals surface area contributed by atoms with Gasteiger partial charge in [-0.05, 0) is 36.1 Å². The molecule has 1 aromatic heterocycles. The Morgan fingerprint density at radius 3 is 2.65 bits per heavy atom. The highest BCUT2D eigenvalue weighted by Gasteiger charge is 2.37. The Morgan fingerprint density at radius 1 is 1.19 bits per heavy atom. The van der Waals surface area contributed by atoms with Crippen LogP contribution < -0.4 is 5.32 Å². The summed E-state index contributed by atoms with van der Waals surface area (Å²) in [6.07, 6.45) is 2.82. The number of imidazole rings is 1. The van der Waals surface area contributed by atoms with E-state index in [9.17, 15) is 9.59 Å². The van der Waals surface area contributed by atoms with Gasteiger partial charge in [0.25, 0.3) is 5.91 Å². The van der Waals surface area contributed by atoms with E-state index in [1.807, 2.05) is 54.6 Å². The maximum atomic E-state index is 13.5. The lowest BCUT2D eigenvalue weighted by atomic mass is 10.1. The van der Waals surface area contributed by atoms with Gasteiger partial charge in [0, 0.05) is 11.0 Å². The van der Waals surface area contributed by atoms with E-state index in [0.29, 0.717) is 12.1 Å². The van der Waals surface area contributed by atoms with E-state index in [2.05, 4.69) is 31.2 Å². The Hall–Kier alpha value is -3.13. The Bertz CT molecular complexity index is 1050. The highest BCUT2D eigenvalue weighted by molar-refractivity contribution is 9.10. The Morgan fingerprint density at radius 2 is 1.94 bits per heavy atom. The molecular formula is C23H23BrN4O3. The number of alkyl carbamates (subject to hydrolysis) is 1. The van der Waals surface area contributed by atoms with Crippen LogP contribution >= 0.6 is 15.9 Å². The number of rotatable bonds is 5. The minimum Gasteiger partial charge on any atom is -0.453 e. The molecule has 0 bridgehead atoms. The van der Waals surface area contributed by atoms with Crippen LogP contribution in [0, 0.1) is 0 Å². The molecule has 0 radical (unpaired) electrons. The summed E-state index contributed by atoms with van der Waals surface area (Å²) in [6, 6.07) is 16.2. The van der Waals surface area contributed by atoms with Crippen LogP contribution in [0.4, 0.5) is 4.79 Å². The summed E-state index contributed by atoms with van der Waals surface area (Å²) in [5.41, 5.74) is 2.62. The largest absolute Gasteiger partial charge is 0.453 e. The number of aromatic nitrogens is 2. The van der Waals surface area contributed by atoms with Gasteiger partial charge in [-0.3, -0.25) is 4.79 Å². The lowest BCUT2D eigenvalue weighted by Gasteiger charge is -2.28. The fraction of sp³-hybridized carbons (Fsp3) is 0.261. The van der Waals surface area contributed by atoms with Gasteiger partial charge in [-0.15, -0.1) is 0 Å². The molecule has 4 rings (SSSR count). The molecule has 0 unspecified atom stereocenters. The number of aromatic amines is 1. The molecule has 31 heavy (non-hydrogen) atoms. The molecule has 1 aliphatic rings. The first-order chi connectivity index (χ1) is 15.1. The molecule has 1 fully saturated rings. The third kappa shape index (κ3) is 4.64. The van der Waals surface area contributed by atoms with Crippen LogP contribution in [0.5, 0.6) is 0 Å². The number of nitrogens with zero attached hydrogens (tertiary/aromatic N) is 2. The minimum atomic E-state index is -0.824. The number of carbonyl (C=O) groups is 2. The molecule has 160 valence electrons. The summed E-state index contributed by atoms with van der Waals surface area (Å²) in [5, 5.41) is 2.68. The number of nitrogens with one attached hydrogen (secondary N) is 2. The number of hydrogen-bond acceptors (Lipinski definition) is 4. The minimum absolute atomic E-state index is 0.178. The first-order valence-electron chi connectivity index (χ1n) is 10.1. The van der Waals surface area contributed by atoms with Gasteiger partial charge in [0.05, 0.1) is 25.0 Å². The van der Waals surface area contributed by atoms with Gasteiger partial charge in [-0.2, -0.15) is 0 Å². The van der Waals surface area contributed by atoms with Crippen LogP contribution in [0.2, 0.25) is 0 Å². The first-order valence-corrected chi connectivity index (χ1v) is 10.9. The van der Waals surface area contributed by atoms with E-state index in [4.69, 9.17) is 4.74 Å². The van der Waals surface area contributed by atoms with Crippen LogP contribution in [0.1, 0.15) is 36.3 Å². The molecule has 7 nitrogen and oxygen atoms in total. The summed E-state index contributed by atoms with van der Waals surface area (Å²) in [6.45, 7) is 0.601. The number of likely N-dealkylation sites (tertiary alicyclic amines) is 1. The van der Waals surface area contributed by atoms with Crippen LogP contribution in [0.15, 0.2) is 65.3 Å². The predicted molar refractivity (Wildman–Crippen MR) is 120 cm³/mol. The fourth-order valence-electron chi connectivity index (χ4n) is 3.87. The standard InChI is InChI=1S/C23H23BrN4O3/c1-31-23(30)27-20(16-6-3-2-4-7-16)22(29)28-13-5-8-19(28)21-25-14-18(26-21)15-9-11-17(24)12-10-15/h2-4,6-7,9-12,14,19-20H,5,8,13H2,1H3,(H,25,26)(H,27,30)/t19-,20-/m0/s1. The van der Waals surface area contributed by atoms with Crippen molar-refractivity contribution in [1.29, 1.82) is 0 Å². The number of hydrogen-bond donors (Lipinski definition) is 2. The molecule has 1 aliphatic heterocycles. The molecule has 2 atom stereocenters. The van der Waals surface area contributed by atoms with Gasteiger partial charge >= 0.3 is 6.09 Å². The normalized spacial score (nSPS) is 16.7. The van der Waals surface area contributed by atoms with E-state index in [1.54, 1.807) is 11.1 Å². The molecule has 0 aliphatic carbocycles. The average Bonchev–Trinajstić information content (AvgIpc) is 3.47. The van der Waals surface area contributed by atoms with Crippen molar-refractivity contribution >= 4 is 27.9 Å². The van der Waals surface area contributed by atoms with Crippen LogP contribution in [-0.4, -0.2) is 40.5 Å². The summed E-state index contributed by atoms with van der Waals surface area (Å²) < 4.78 is 5.75. The summed E-state index contributed by atoms with van der Waals surface area (Å²) in [7, 11) is 1.28. The smallest absolute Gasteiger partial charge is 0.407 e. The molecule has 3 aromatic rings. The topological polar surface area (TPSA) is 87.3 Å². The molecule has 0 saturated carbocycles.